The van der Waals surface area contributed by atoms with Crippen LogP contribution >= 0.6 is 0 Å². The van der Waals surface area contributed by atoms with E-state index in [0.717, 1.165) is 22.0 Å². The maximum atomic E-state index is 11.3. The molecule has 3 heteroatoms. The summed E-state index contributed by atoms with van der Waals surface area (Å²) in [6.07, 6.45) is 1.86. The third kappa shape index (κ3) is 3.60. The van der Waals surface area contributed by atoms with E-state index < -0.39 is 27.2 Å². The van der Waals surface area contributed by atoms with Crippen LogP contribution in [0.1, 0.15) is 35.3 Å². The van der Waals surface area contributed by atoms with Crippen molar-refractivity contribution in [3.05, 3.63) is 66.3 Å². The molecule has 0 atom stereocenters. The van der Waals surface area contributed by atoms with E-state index in [0.29, 0.717) is 5.56 Å². The zero-order valence-electron chi connectivity index (χ0n) is 11.7. The van der Waals surface area contributed by atoms with E-state index in [1.807, 2.05) is 19.1 Å². The van der Waals surface area contributed by atoms with Crippen LogP contribution in [0.4, 0.5) is 0 Å². The van der Waals surface area contributed by atoms with Crippen LogP contribution in [-0.2, 0) is 12.8 Å². The van der Waals surface area contributed by atoms with E-state index in [4.69, 9.17) is 0 Å². The lowest BCUT2D eigenvalue weighted by Gasteiger charge is -2.04. The second kappa shape index (κ2) is 6.88. The number of aryl methyl sites for hydroxylation is 2. The van der Waals surface area contributed by atoms with Crippen LogP contribution in [0.2, 0.25) is 0 Å². The highest BCUT2D eigenvalue weighted by Crippen LogP contribution is 2.05. The van der Waals surface area contributed by atoms with E-state index in [1.54, 1.807) is 6.07 Å². The topological polar surface area (TPSA) is 40.1 Å². The molecule has 0 amide bonds. The molecule has 0 spiro atoms. The minimum atomic E-state index is -1.07. The molecule has 0 N–H and O–H groups in total. The second-order valence-electron chi connectivity index (χ2n) is 4.53. The minimum Gasteiger partial charge on any atom is -0.545 e. The smallest absolute Gasteiger partial charge is 0.358 e. The lowest BCUT2D eigenvalue weighted by atomic mass is 10.1. The molecule has 2 aromatic carbocycles. The quantitative estimate of drug-likeness (QED) is 0.644. The Labute approximate surface area is 130 Å². The Morgan fingerprint density at radius 3 is 2.15 bits per heavy atom. The van der Waals surface area contributed by atoms with Gasteiger partial charge in [-0.2, -0.15) is 0 Å². The average Bonchev–Trinajstić information content (AvgIpc) is 2.48. The van der Waals surface area contributed by atoms with Crippen LogP contribution < -0.4 is 26.3 Å². The van der Waals surface area contributed by atoms with Gasteiger partial charge in [0.2, 0.25) is 3.57 Å². The van der Waals surface area contributed by atoms with Crippen molar-refractivity contribution >= 4 is 5.97 Å². The summed E-state index contributed by atoms with van der Waals surface area (Å²) in [5.74, 6) is -1.07. The van der Waals surface area contributed by atoms with Gasteiger partial charge in [0.1, 0.15) is 0 Å². The molecule has 2 rings (SSSR count). The molecule has 0 radical (unpaired) electrons. The standard InChI is InChI=1S/C17H17IO2/c1-3-12-5-8-14(9-6-12)18-16-10-7-13(4-2)11-15(16)17(19)20/h5-11H,3-4H2,1-2H3. The summed E-state index contributed by atoms with van der Waals surface area (Å²) >= 11 is -0.484. The van der Waals surface area contributed by atoms with E-state index in [2.05, 4.69) is 31.2 Å². The summed E-state index contributed by atoms with van der Waals surface area (Å²) in [5, 5.41) is 11.3. The molecule has 0 aliphatic heterocycles. The predicted molar refractivity (Wildman–Crippen MR) is 73.4 cm³/mol. The summed E-state index contributed by atoms with van der Waals surface area (Å²) < 4.78 is 2.15. The SMILES string of the molecule is CCc1ccc([I+]c2ccc(CC)cc2C(=O)[O-])cc1. The highest BCUT2D eigenvalue weighted by molar-refractivity contribution is 5.85. The van der Waals surface area contributed by atoms with Gasteiger partial charge < -0.3 is 9.90 Å². The fraction of sp³-hybridized carbons (Fsp3) is 0.235. The molecule has 0 aliphatic carbocycles. The van der Waals surface area contributed by atoms with Gasteiger partial charge in [-0.05, 0) is 48.2 Å². The molecule has 0 bridgehead atoms. The number of rotatable bonds is 5. The second-order valence-corrected chi connectivity index (χ2v) is 7.48. The third-order valence-electron chi connectivity index (χ3n) is 3.19. The van der Waals surface area contributed by atoms with Crippen LogP contribution in [0.25, 0.3) is 0 Å². The zero-order valence-corrected chi connectivity index (χ0v) is 13.8. The molecule has 0 saturated carbocycles. The Morgan fingerprint density at radius 2 is 1.60 bits per heavy atom. The molecule has 2 nitrogen and oxygen atoms in total. The molecular weight excluding hydrogens is 363 g/mol. The molecule has 0 heterocycles. The predicted octanol–water partition coefficient (Wildman–Crippen LogP) is -0.697. The van der Waals surface area contributed by atoms with Crippen LogP contribution in [-0.4, -0.2) is 5.97 Å². The van der Waals surface area contributed by atoms with Gasteiger partial charge in [0, 0.05) is 0 Å². The third-order valence-corrected chi connectivity index (χ3v) is 6.06. The number of carbonyl (C=O) groups is 1. The van der Waals surface area contributed by atoms with Gasteiger partial charge in [-0.3, -0.25) is 0 Å². The van der Waals surface area contributed by atoms with Gasteiger partial charge in [-0.15, -0.1) is 0 Å². The zero-order chi connectivity index (χ0) is 14.5. The molecule has 20 heavy (non-hydrogen) atoms. The Kier molecular flexibility index (Phi) is 5.17. The minimum absolute atomic E-state index is 0.358. The molecule has 0 saturated heterocycles. The number of halogens is 1. The Morgan fingerprint density at radius 1 is 1.00 bits per heavy atom. The largest absolute Gasteiger partial charge is 0.545 e. The monoisotopic (exact) mass is 380 g/mol. The molecule has 0 fully saturated rings. The van der Waals surface area contributed by atoms with Gasteiger partial charge in [0.15, 0.2) is 3.57 Å². The number of benzene rings is 2. The summed E-state index contributed by atoms with van der Waals surface area (Å²) in [4.78, 5) is 11.3. The fourth-order valence-electron chi connectivity index (χ4n) is 1.93. The van der Waals surface area contributed by atoms with Crippen LogP contribution in [0, 0.1) is 7.14 Å². The number of hydrogen-bond donors (Lipinski definition) is 0. The number of carboxylic acids is 1. The van der Waals surface area contributed by atoms with Crippen molar-refractivity contribution in [2.75, 3.05) is 0 Å². The Balaban J connectivity index is 2.29. The first kappa shape index (κ1) is 15.0. The van der Waals surface area contributed by atoms with Crippen LogP contribution in [0.15, 0.2) is 42.5 Å². The van der Waals surface area contributed by atoms with Gasteiger partial charge in [0.05, 0.1) is 11.5 Å². The van der Waals surface area contributed by atoms with E-state index in [1.165, 1.54) is 9.13 Å². The molecule has 0 aliphatic rings. The summed E-state index contributed by atoms with van der Waals surface area (Å²) in [6.45, 7) is 4.15. The number of carboxylic acid groups (broad SMARTS) is 1. The van der Waals surface area contributed by atoms with E-state index in [9.17, 15) is 9.90 Å². The summed E-state index contributed by atoms with van der Waals surface area (Å²) in [7, 11) is 0. The van der Waals surface area contributed by atoms with E-state index in [-0.39, 0.29) is 0 Å². The average molecular weight is 380 g/mol. The summed E-state index contributed by atoms with van der Waals surface area (Å²) in [6, 6.07) is 14.2. The lowest BCUT2D eigenvalue weighted by molar-refractivity contribution is -0.598. The van der Waals surface area contributed by atoms with Crippen LogP contribution in [0.3, 0.4) is 0 Å². The Hall–Kier alpha value is -1.36. The van der Waals surface area contributed by atoms with Crippen molar-refractivity contribution < 1.29 is 31.1 Å². The van der Waals surface area contributed by atoms with Crippen molar-refractivity contribution in [1.29, 1.82) is 0 Å². The van der Waals surface area contributed by atoms with Crippen molar-refractivity contribution in [2.24, 2.45) is 0 Å². The van der Waals surface area contributed by atoms with Crippen molar-refractivity contribution in [3.63, 3.8) is 0 Å². The maximum absolute atomic E-state index is 11.3. The highest BCUT2D eigenvalue weighted by atomic mass is 127. The molecule has 0 aromatic heterocycles. The molecule has 104 valence electrons. The number of aromatic carboxylic acids is 1. The normalized spacial score (nSPS) is 10.5. The van der Waals surface area contributed by atoms with Gasteiger partial charge >= 0.3 is 21.2 Å². The van der Waals surface area contributed by atoms with Crippen molar-refractivity contribution in [1.82, 2.24) is 0 Å². The van der Waals surface area contributed by atoms with E-state index >= 15 is 0 Å². The first-order valence-electron chi connectivity index (χ1n) is 6.72. The van der Waals surface area contributed by atoms with Gasteiger partial charge in [-0.1, -0.05) is 32.0 Å². The fourth-order valence-corrected chi connectivity index (χ4v) is 4.35. The van der Waals surface area contributed by atoms with Crippen molar-refractivity contribution in [3.8, 4) is 0 Å². The maximum Gasteiger partial charge on any atom is 0.358 e. The number of carbonyl (C=O) groups excluding carboxylic acids is 1. The number of hydrogen-bond acceptors (Lipinski definition) is 2. The first-order chi connectivity index (χ1) is 9.63. The van der Waals surface area contributed by atoms with Gasteiger partial charge in [-0.25, -0.2) is 0 Å². The highest BCUT2D eigenvalue weighted by Gasteiger charge is 2.20. The lowest BCUT2D eigenvalue weighted by Crippen LogP contribution is -3.61. The molecular formula is C17H17IO2. The Bertz CT molecular complexity index is 603. The molecule has 0 unspecified atom stereocenters. The summed E-state index contributed by atoms with van der Waals surface area (Å²) in [5.41, 5.74) is 2.70. The van der Waals surface area contributed by atoms with Crippen molar-refractivity contribution in [2.45, 2.75) is 26.7 Å². The van der Waals surface area contributed by atoms with Gasteiger partial charge in [0.25, 0.3) is 0 Å². The first-order valence-corrected chi connectivity index (χ1v) is 8.87. The molecule has 2 aromatic rings. The van der Waals surface area contributed by atoms with Crippen LogP contribution in [0.5, 0.6) is 0 Å².